The van der Waals surface area contributed by atoms with Crippen LogP contribution >= 0.6 is 0 Å². The molecule has 2 rings (SSSR count). The fraction of sp³-hybridized carbons (Fsp3) is 0.625. The van der Waals surface area contributed by atoms with E-state index in [9.17, 15) is 9.50 Å². The second kappa shape index (κ2) is 5.49. The quantitative estimate of drug-likeness (QED) is 0.898. The van der Waals surface area contributed by atoms with E-state index in [2.05, 4.69) is 18.7 Å². The summed E-state index contributed by atoms with van der Waals surface area (Å²) in [5, 5.41) is 9.91. The van der Waals surface area contributed by atoms with Gasteiger partial charge in [0.25, 0.3) is 0 Å². The van der Waals surface area contributed by atoms with Crippen molar-refractivity contribution in [1.29, 1.82) is 0 Å². The molecular weight excluding hydrogens is 241 g/mol. The molecule has 2 nitrogen and oxygen atoms in total. The summed E-state index contributed by atoms with van der Waals surface area (Å²) < 4.78 is 13.7. The molecule has 0 bridgehead atoms. The summed E-state index contributed by atoms with van der Waals surface area (Å²) in [5.41, 5.74) is 2.36. The largest absolute Gasteiger partial charge is 0.389 e. The van der Waals surface area contributed by atoms with E-state index in [0.717, 1.165) is 12.2 Å². The molecule has 1 N–H and O–H groups in total. The summed E-state index contributed by atoms with van der Waals surface area (Å²) in [6.07, 6.45) is 1.70. The number of nitrogens with zero attached hydrogens (tertiary/aromatic N) is 1. The molecule has 1 saturated heterocycles. The fourth-order valence-electron chi connectivity index (χ4n) is 3.05. The van der Waals surface area contributed by atoms with Gasteiger partial charge < -0.3 is 10.0 Å². The van der Waals surface area contributed by atoms with Gasteiger partial charge in [0, 0.05) is 23.8 Å². The highest BCUT2D eigenvalue weighted by atomic mass is 19.1. The van der Waals surface area contributed by atoms with Crippen molar-refractivity contribution in [2.75, 3.05) is 11.4 Å². The molecule has 1 aliphatic rings. The molecule has 0 spiro atoms. The lowest BCUT2D eigenvalue weighted by molar-refractivity contribution is 0.199. The molecule has 106 valence electrons. The normalized spacial score (nSPS) is 21.2. The van der Waals surface area contributed by atoms with Gasteiger partial charge in [0.1, 0.15) is 5.82 Å². The monoisotopic (exact) mass is 265 g/mol. The van der Waals surface area contributed by atoms with E-state index in [1.807, 2.05) is 6.07 Å². The summed E-state index contributed by atoms with van der Waals surface area (Å²) >= 11 is 0. The molecule has 1 aromatic rings. The lowest BCUT2D eigenvalue weighted by Gasteiger charge is -2.32. The molecule has 1 heterocycles. The Labute approximate surface area is 115 Å². The third kappa shape index (κ3) is 2.76. The van der Waals surface area contributed by atoms with E-state index in [1.54, 1.807) is 13.8 Å². The summed E-state index contributed by atoms with van der Waals surface area (Å²) in [6.45, 7) is 8.93. The van der Waals surface area contributed by atoms with Crippen LogP contribution in [0.1, 0.15) is 50.8 Å². The van der Waals surface area contributed by atoms with Crippen molar-refractivity contribution in [3.8, 4) is 0 Å². The van der Waals surface area contributed by atoms with Crippen LogP contribution in [0.4, 0.5) is 10.1 Å². The zero-order chi connectivity index (χ0) is 14.2. The van der Waals surface area contributed by atoms with Gasteiger partial charge in [-0.3, -0.25) is 0 Å². The number of anilines is 1. The number of aliphatic hydroxyl groups is 1. The first-order chi connectivity index (χ1) is 8.91. The number of aliphatic hydroxyl groups excluding tert-OH is 1. The standard InChI is InChI=1S/C16H24FNO/c1-10(2)15-6-5-7-18(15)16-8-11(3)14(17)9-13(16)12(4)19/h8-10,12,15,19H,5-7H2,1-4H3/t12-,15?/m0/s1. The summed E-state index contributed by atoms with van der Waals surface area (Å²) in [4.78, 5) is 2.35. The Morgan fingerprint density at radius 3 is 2.58 bits per heavy atom. The van der Waals surface area contributed by atoms with E-state index < -0.39 is 6.10 Å². The molecule has 2 atom stereocenters. The number of aryl methyl sites for hydroxylation is 1. The number of rotatable bonds is 3. The van der Waals surface area contributed by atoms with Crippen molar-refractivity contribution in [3.63, 3.8) is 0 Å². The molecule has 0 aliphatic carbocycles. The highest BCUT2D eigenvalue weighted by Crippen LogP contribution is 2.36. The Morgan fingerprint density at radius 1 is 1.32 bits per heavy atom. The average molecular weight is 265 g/mol. The van der Waals surface area contributed by atoms with Gasteiger partial charge in [-0.2, -0.15) is 0 Å². The zero-order valence-electron chi connectivity index (χ0n) is 12.3. The molecule has 0 saturated carbocycles. The van der Waals surface area contributed by atoms with Crippen LogP contribution in [-0.2, 0) is 0 Å². The summed E-state index contributed by atoms with van der Waals surface area (Å²) in [7, 11) is 0. The van der Waals surface area contributed by atoms with E-state index in [1.165, 1.54) is 18.9 Å². The molecule has 3 heteroatoms. The van der Waals surface area contributed by atoms with Crippen molar-refractivity contribution >= 4 is 5.69 Å². The van der Waals surface area contributed by atoms with Crippen LogP contribution in [0.3, 0.4) is 0 Å². The number of hydrogen-bond donors (Lipinski definition) is 1. The van der Waals surface area contributed by atoms with E-state index >= 15 is 0 Å². The van der Waals surface area contributed by atoms with Gasteiger partial charge in [-0.15, -0.1) is 0 Å². The van der Waals surface area contributed by atoms with Gasteiger partial charge in [-0.05, 0) is 50.3 Å². The highest BCUT2D eigenvalue weighted by molar-refractivity contribution is 5.58. The van der Waals surface area contributed by atoms with Crippen LogP contribution in [0, 0.1) is 18.7 Å². The van der Waals surface area contributed by atoms with Crippen molar-refractivity contribution in [1.82, 2.24) is 0 Å². The van der Waals surface area contributed by atoms with Crippen LogP contribution < -0.4 is 4.90 Å². The predicted octanol–water partition coefficient (Wildman–Crippen LogP) is 3.81. The molecule has 1 aromatic carbocycles. The van der Waals surface area contributed by atoms with Crippen LogP contribution in [0.15, 0.2) is 12.1 Å². The van der Waals surface area contributed by atoms with Crippen molar-refractivity contribution in [2.24, 2.45) is 5.92 Å². The maximum atomic E-state index is 13.7. The fourth-order valence-corrected chi connectivity index (χ4v) is 3.05. The van der Waals surface area contributed by atoms with Crippen molar-refractivity contribution in [2.45, 2.75) is 52.7 Å². The van der Waals surface area contributed by atoms with Gasteiger partial charge in [0.15, 0.2) is 0 Å². The van der Waals surface area contributed by atoms with Crippen LogP contribution in [0.5, 0.6) is 0 Å². The van der Waals surface area contributed by atoms with Gasteiger partial charge in [0.2, 0.25) is 0 Å². The Balaban J connectivity index is 2.45. The lowest BCUT2D eigenvalue weighted by Crippen LogP contribution is -2.34. The SMILES string of the molecule is Cc1cc(N2CCCC2C(C)C)c([C@H](C)O)cc1F. The predicted molar refractivity (Wildman–Crippen MR) is 77.0 cm³/mol. The Morgan fingerprint density at radius 2 is 2.00 bits per heavy atom. The van der Waals surface area contributed by atoms with Gasteiger partial charge in [-0.25, -0.2) is 4.39 Å². The first-order valence-corrected chi connectivity index (χ1v) is 7.16. The number of hydrogen-bond acceptors (Lipinski definition) is 2. The second-order valence-corrected chi connectivity index (χ2v) is 5.98. The topological polar surface area (TPSA) is 23.5 Å². The Kier molecular flexibility index (Phi) is 4.14. The molecular formula is C16H24FNO. The molecule has 1 aliphatic heterocycles. The van der Waals surface area contributed by atoms with Gasteiger partial charge in [-0.1, -0.05) is 13.8 Å². The minimum absolute atomic E-state index is 0.236. The van der Waals surface area contributed by atoms with E-state index in [-0.39, 0.29) is 5.82 Å². The molecule has 19 heavy (non-hydrogen) atoms. The molecule has 0 aromatic heterocycles. The van der Waals surface area contributed by atoms with Crippen molar-refractivity contribution < 1.29 is 9.50 Å². The summed E-state index contributed by atoms with van der Waals surface area (Å²) in [5.74, 6) is 0.328. The number of halogens is 1. The highest BCUT2D eigenvalue weighted by Gasteiger charge is 2.29. The average Bonchev–Trinajstić information content (AvgIpc) is 2.80. The Bertz CT molecular complexity index is 456. The molecule has 0 radical (unpaired) electrons. The first-order valence-electron chi connectivity index (χ1n) is 7.16. The smallest absolute Gasteiger partial charge is 0.126 e. The molecule has 1 unspecified atom stereocenters. The van der Waals surface area contributed by atoms with Crippen LogP contribution in [0.2, 0.25) is 0 Å². The van der Waals surface area contributed by atoms with Gasteiger partial charge >= 0.3 is 0 Å². The maximum absolute atomic E-state index is 13.7. The maximum Gasteiger partial charge on any atom is 0.126 e. The van der Waals surface area contributed by atoms with Gasteiger partial charge in [0.05, 0.1) is 6.10 Å². The minimum Gasteiger partial charge on any atom is -0.389 e. The minimum atomic E-state index is -0.640. The Hall–Kier alpha value is -1.09. The first kappa shape index (κ1) is 14.3. The van der Waals surface area contributed by atoms with Crippen molar-refractivity contribution in [3.05, 3.63) is 29.1 Å². The van der Waals surface area contributed by atoms with Crippen LogP contribution in [-0.4, -0.2) is 17.7 Å². The molecule has 0 amide bonds. The zero-order valence-corrected chi connectivity index (χ0v) is 12.3. The molecule has 1 fully saturated rings. The summed E-state index contributed by atoms with van der Waals surface area (Å²) in [6, 6.07) is 3.87. The third-order valence-corrected chi connectivity index (χ3v) is 4.14. The third-order valence-electron chi connectivity index (χ3n) is 4.14. The van der Waals surface area contributed by atoms with Crippen LogP contribution in [0.25, 0.3) is 0 Å². The number of benzene rings is 1. The van der Waals surface area contributed by atoms with E-state index in [4.69, 9.17) is 0 Å². The lowest BCUT2D eigenvalue weighted by atomic mass is 9.99. The second-order valence-electron chi connectivity index (χ2n) is 5.98. The van der Waals surface area contributed by atoms with E-state index in [0.29, 0.717) is 23.1 Å².